The molecule has 1 saturated heterocycles. The molecule has 1 aromatic carbocycles. The highest BCUT2D eigenvalue weighted by atomic mass is 32.1. The first-order valence-electron chi connectivity index (χ1n) is 9.31. The zero-order valence-electron chi connectivity index (χ0n) is 15.6. The fraction of sp³-hybridized carbons (Fsp3) is 0.550. The normalized spacial score (nSPS) is 19.3. The van der Waals surface area contributed by atoms with E-state index in [9.17, 15) is 9.50 Å². The van der Waals surface area contributed by atoms with Crippen LogP contribution in [0.5, 0.6) is 0 Å². The zero-order valence-corrected chi connectivity index (χ0v) is 16.4. The summed E-state index contributed by atoms with van der Waals surface area (Å²) >= 11 is 1.73. The Morgan fingerprint density at radius 2 is 2.08 bits per heavy atom. The third-order valence-corrected chi connectivity index (χ3v) is 5.85. The van der Waals surface area contributed by atoms with E-state index in [-0.39, 0.29) is 18.5 Å². The van der Waals surface area contributed by atoms with Crippen LogP contribution in [0.3, 0.4) is 0 Å². The molecule has 0 spiro atoms. The molecule has 0 radical (unpaired) electrons. The summed E-state index contributed by atoms with van der Waals surface area (Å²) in [6, 6.07) is 7.20. The number of rotatable bonds is 7. The van der Waals surface area contributed by atoms with E-state index in [4.69, 9.17) is 4.98 Å². The van der Waals surface area contributed by atoms with Gasteiger partial charge in [0.1, 0.15) is 10.8 Å². The monoisotopic (exact) mass is 377 g/mol. The summed E-state index contributed by atoms with van der Waals surface area (Å²) in [6.07, 6.45) is 0.708. The second kappa shape index (κ2) is 9.04. The molecule has 1 atom stereocenters. The highest BCUT2D eigenvalue weighted by molar-refractivity contribution is 7.09. The minimum atomic E-state index is -0.151. The van der Waals surface area contributed by atoms with Crippen LogP contribution >= 0.6 is 11.3 Å². The lowest BCUT2D eigenvalue weighted by Crippen LogP contribution is -2.52. The lowest BCUT2D eigenvalue weighted by Gasteiger charge is -2.41. The van der Waals surface area contributed by atoms with Gasteiger partial charge < -0.3 is 5.11 Å². The molecular formula is C20H28FN3OS. The highest BCUT2D eigenvalue weighted by Gasteiger charge is 2.27. The number of hydrogen-bond donors (Lipinski definition) is 1. The van der Waals surface area contributed by atoms with Crippen molar-refractivity contribution in [1.82, 2.24) is 14.8 Å². The Labute approximate surface area is 159 Å². The zero-order chi connectivity index (χ0) is 18.5. The van der Waals surface area contributed by atoms with E-state index >= 15 is 0 Å². The van der Waals surface area contributed by atoms with Crippen LogP contribution in [0.4, 0.5) is 4.39 Å². The van der Waals surface area contributed by atoms with Gasteiger partial charge in [0.25, 0.3) is 0 Å². The summed E-state index contributed by atoms with van der Waals surface area (Å²) in [4.78, 5) is 9.44. The second-order valence-corrected chi connectivity index (χ2v) is 8.23. The van der Waals surface area contributed by atoms with Crippen molar-refractivity contribution in [3.05, 3.63) is 51.7 Å². The van der Waals surface area contributed by atoms with Gasteiger partial charge in [0.15, 0.2) is 0 Å². The fourth-order valence-electron chi connectivity index (χ4n) is 3.43. The predicted octanol–water partition coefficient (Wildman–Crippen LogP) is 3.47. The smallest absolute Gasteiger partial charge is 0.127 e. The molecule has 0 amide bonds. The molecule has 1 N–H and O–H groups in total. The maximum absolute atomic E-state index is 14.0. The van der Waals surface area contributed by atoms with Crippen molar-refractivity contribution in [2.24, 2.45) is 0 Å². The Morgan fingerprint density at radius 3 is 2.77 bits per heavy atom. The van der Waals surface area contributed by atoms with Gasteiger partial charge in [-0.1, -0.05) is 32.0 Å². The maximum atomic E-state index is 14.0. The van der Waals surface area contributed by atoms with E-state index < -0.39 is 0 Å². The van der Waals surface area contributed by atoms with E-state index in [1.165, 1.54) is 6.07 Å². The standard InChI is InChI=1S/C20H28FN3OS/c1-15(2)19-14-26-20(22-19)13-23-8-9-24(17(12-23)7-10-25)11-16-5-3-4-6-18(16)21/h3-6,14-15,17,25H,7-13H2,1-2H3/t17-/m0/s1. The van der Waals surface area contributed by atoms with Crippen molar-refractivity contribution in [2.75, 3.05) is 26.2 Å². The van der Waals surface area contributed by atoms with Crippen LogP contribution in [-0.4, -0.2) is 52.2 Å². The molecule has 3 rings (SSSR count). The van der Waals surface area contributed by atoms with Gasteiger partial charge in [-0.3, -0.25) is 9.80 Å². The number of thiazole rings is 1. The van der Waals surface area contributed by atoms with Crippen molar-refractivity contribution in [2.45, 2.75) is 45.3 Å². The third-order valence-electron chi connectivity index (χ3n) is 5.00. The molecule has 1 aliphatic heterocycles. The largest absolute Gasteiger partial charge is 0.396 e. The van der Waals surface area contributed by atoms with Crippen LogP contribution in [0.15, 0.2) is 29.6 Å². The van der Waals surface area contributed by atoms with Crippen LogP contribution in [0.25, 0.3) is 0 Å². The van der Waals surface area contributed by atoms with Crippen molar-refractivity contribution in [1.29, 1.82) is 0 Å². The minimum absolute atomic E-state index is 0.151. The summed E-state index contributed by atoms with van der Waals surface area (Å²) in [6.45, 7) is 8.63. The third kappa shape index (κ3) is 4.88. The fourth-order valence-corrected chi connectivity index (χ4v) is 4.43. The highest BCUT2D eigenvalue weighted by Crippen LogP contribution is 2.22. The molecule has 0 bridgehead atoms. The number of hydrogen-bond acceptors (Lipinski definition) is 5. The summed E-state index contributed by atoms with van der Waals surface area (Å²) in [5.74, 6) is 0.307. The van der Waals surface area contributed by atoms with E-state index in [0.29, 0.717) is 18.9 Å². The summed E-state index contributed by atoms with van der Waals surface area (Å²) in [5, 5.41) is 12.8. The quantitative estimate of drug-likeness (QED) is 0.802. The molecular weight excluding hydrogens is 349 g/mol. The van der Waals surface area contributed by atoms with Crippen LogP contribution < -0.4 is 0 Å². The number of piperazine rings is 1. The molecule has 0 unspecified atom stereocenters. The number of benzene rings is 1. The SMILES string of the molecule is CC(C)c1csc(CN2CCN(Cc3ccccc3F)[C@@H](CCO)C2)n1. The Hall–Kier alpha value is -1.34. The van der Waals surface area contributed by atoms with E-state index in [2.05, 4.69) is 29.0 Å². The number of halogens is 1. The van der Waals surface area contributed by atoms with Crippen molar-refractivity contribution >= 4 is 11.3 Å². The summed E-state index contributed by atoms with van der Waals surface area (Å²) in [7, 11) is 0. The van der Waals surface area contributed by atoms with E-state index in [0.717, 1.165) is 42.4 Å². The Balaban J connectivity index is 1.62. The maximum Gasteiger partial charge on any atom is 0.127 e. The molecule has 26 heavy (non-hydrogen) atoms. The Bertz CT molecular complexity index is 706. The van der Waals surface area contributed by atoms with Gasteiger partial charge in [0.2, 0.25) is 0 Å². The van der Waals surface area contributed by atoms with E-state index in [1.807, 2.05) is 12.1 Å². The first kappa shape index (κ1) is 19.4. The molecule has 0 saturated carbocycles. The minimum Gasteiger partial charge on any atom is -0.396 e. The Morgan fingerprint density at radius 1 is 1.27 bits per heavy atom. The van der Waals surface area contributed by atoms with Crippen LogP contribution in [0.1, 0.15) is 42.5 Å². The molecule has 1 aromatic heterocycles. The Kier molecular flexibility index (Phi) is 6.75. The van der Waals surface area contributed by atoms with Crippen molar-refractivity contribution < 1.29 is 9.50 Å². The first-order chi connectivity index (χ1) is 12.6. The van der Waals surface area contributed by atoms with Gasteiger partial charge in [0, 0.05) is 49.8 Å². The van der Waals surface area contributed by atoms with Crippen molar-refractivity contribution in [3.63, 3.8) is 0 Å². The molecule has 1 fully saturated rings. The van der Waals surface area contributed by atoms with E-state index in [1.54, 1.807) is 17.4 Å². The average Bonchev–Trinajstić information content (AvgIpc) is 3.08. The molecule has 4 nitrogen and oxygen atoms in total. The number of nitrogens with zero attached hydrogens (tertiary/aromatic N) is 3. The number of aliphatic hydroxyl groups is 1. The number of aromatic nitrogens is 1. The number of aliphatic hydroxyl groups excluding tert-OH is 1. The average molecular weight is 378 g/mol. The lowest BCUT2D eigenvalue weighted by atomic mass is 10.1. The summed E-state index contributed by atoms with van der Waals surface area (Å²) < 4.78 is 14.0. The van der Waals surface area contributed by atoms with Crippen LogP contribution in [0.2, 0.25) is 0 Å². The molecule has 0 aliphatic carbocycles. The van der Waals surface area contributed by atoms with Gasteiger partial charge in [0.05, 0.1) is 12.2 Å². The molecule has 2 heterocycles. The second-order valence-electron chi connectivity index (χ2n) is 7.28. The van der Waals surface area contributed by atoms with Gasteiger partial charge >= 0.3 is 0 Å². The first-order valence-corrected chi connectivity index (χ1v) is 10.2. The molecule has 142 valence electrons. The molecule has 1 aliphatic rings. The summed E-state index contributed by atoms with van der Waals surface area (Å²) in [5.41, 5.74) is 1.89. The predicted molar refractivity (Wildman–Crippen MR) is 104 cm³/mol. The van der Waals surface area contributed by atoms with Gasteiger partial charge in [-0.25, -0.2) is 9.37 Å². The van der Waals surface area contributed by atoms with Crippen LogP contribution in [-0.2, 0) is 13.1 Å². The van der Waals surface area contributed by atoms with Gasteiger partial charge in [-0.05, 0) is 18.4 Å². The molecule has 6 heteroatoms. The van der Waals surface area contributed by atoms with Crippen LogP contribution in [0, 0.1) is 5.82 Å². The van der Waals surface area contributed by atoms with Gasteiger partial charge in [-0.2, -0.15) is 0 Å². The van der Waals surface area contributed by atoms with Gasteiger partial charge in [-0.15, -0.1) is 11.3 Å². The topological polar surface area (TPSA) is 39.6 Å². The molecule has 2 aromatic rings. The lowest BCUT2D eigenvalue weighted by molar-refractivity contribution is 0.0492. The van der Waals surface area contributed by atoms with Crippen molar-refractivity contribution in [3.8, 4) is 0 Å².